The van der Waals surface area contributed by atoms with E-state index in [-0.39, 0.29) is 11.2 Å². The van der Waals surface area contributed by atoms with Crippen LogP contribution in [0.4, 0.5) is 0 Å². The van der Waals surface area contributed by atoms with Crippen LogP contribution in [0.25, 0.3) is 0 Å². The van der Waals surface area contributed by atoms with Crippen molar-refractivity contribution in [3.63, 3.8) is 0 Å². The van der Waals surface area contributed by atoms with Gasteiger partial charge in [-0.15, -0.1) is 10.2 Å². The van der Waals surface area contributed by atoms with Crippen molar-refractivity contribution < 1.29 is 9.21 Å². The highest BCUT2D eigenvalue weighted by atomic mass is 32.2. The predicted molar refractivity (Wildman–Crippen MR) is 89.8 cm³/mol. The lowest BCUT2D eigenvalue weighted by atomic mass is 10.2. The molecule has 118 valence electrons. The van der Waals surface area contributed by atoms with Crippen molar-refractivity contribution in [2.75, 3.05) is 13.3 Å². The van der Waals surface area contributed by atoms with Crippen LogP contribution in [0.5, 0.6) is 0 Å². The van der Waals surface area contributed by atoms with E-state index in [4.69, 9.17) is 4.42 Å². The summed E-state index contributed by atoms with van der Waals surface area (Å²) in [7, 11) is 1.80. The minimum Gasteiger partial charge on any atom is -0.415 e. The Morgan fingerprint density at radius 3 is 2.73 bits per heavy atom. The third kappa shape index (κ3) is 4.78. The van der Waals surface area contributed by atoms with Crippen molar-refractivity contribution in [2.24, 2.45) is 0 Å². The molecule has 1 aromatic carbocycles. The smallest absolute Gasteiger partial charge is 0.277 e. The number of carbonyl (C=O) groups excluding carboxylic acids is 1. The second-order valence-corrected chi connectivity index (χ2v) is 6.99. The van der Waals surface area contributed by atoms with Crippen LogP contribution in [-0.4, -0.2) is 39.6 Å². The fourth-order valence-corrected chi connectivity index (χ4v) is 3.09. The molecular weight excluding hydrogens is 318 g/mol. The second kappa shape index (κ2) is 8.24. The number of nitrogens with zero attached hydrogens (tertiary/aromatic N) is 3. The van der Waals surface area contributed by atoms with Gasteiger partial charge in [-0.05, 0) is 18.7 Å². The summed E-state index contributed by atoms with van der Waals surface area (Å²) in [6.45, 7) is 2.44. The molecule has 0 aliphatic heterocycles. The molecule has 1 unspecified atom stereocenters. The van der Waals surface area contributed by atoms with Gasteiger partial charge >= 0.3 is 0 Å². The number of aromatic nitrogens is 2. The molecule has 7 heteroatoms. The number of thioether (sulfide) groups is 2. The number of benzene rings is 1. The van der Waals surface area contributed by atoms with Crippen LogP contribution in [-0.2, 0) is 17.1 Å². The molecule has 22 heavy (non-hydrogen) atoms. The summed E-state index contributed by atoms with van der Waals surface area (Å²) < 4.78 is 5.49. The monoisotopic (exact) mass is 337 g/mol. The van der Waals surface area contributed by atoms with Gasteiger partial charge in [-0.3, -0.25) is 4.79 Å². The summed E-state index contributed by atoms with van der Waals surface area (Å²) in [6, 6.07) is 9.92. The fraction of sp³-hybridized carbons (Fsp3) is 0.400. The van der Waals surface area contributed by atoms with Crippen LogP contribution in [0, 0.1) is 0 Å². The van der Waals surface area contributed by atoms with E-state index in [0.29, 0.717) is 23.4 Å². The molecule has 0 spiro atoms. The molecule has 2 aromatic rings. The van der Waals surface area contributed by atoms with E-state index in [1.807, 2.05) is 43.5 Å². The predicted octanol–water partition coefficient (Wildman–Crippen LogP) is 3.07. The summed E-state index contributed by atoms with van der Waals surface area (Å²) >= 11 is 2.92. The molecule has 0 N–H and O–H groups in total. The Labute approximate surface area is 138 Å². The van der Waals surface area contributed by atoms with Crippen molar-refractivity contribution in [3.05, 3.63) is 41.8 Å². The zero-order chi connectivity index (χ0) is 15.9. The Morgan fingerprint density at radius 2 is 2.05 bits per heavy atom. The van der Waals surface area contributed by atoms with Gasteiger partial charge in [0.15, 0.2) is 0 Å². The highest BCUT2D eigenvalue weighted by molar-refractivity contribution is 8.00. The molecule has 0 radical (unpaired) electrons. The molecule has 1 amide bonds. The number of hydrogen-bond acceptors (Lipinski definition) is 6. The average molecular weight is 337 g/mol. The summed E-state index contributed by atoms with van der Waals surface area (Å²) in [5, 5.41) is 8.09. The van der Waals surface area contributed by atoms with Gasteiger partial charge in [0, 0.05) is 13.6 Å². The molecule has 1 heterocycles. The van der Waals surface area contributed by atoms with Crippen LogP contribution in [0.2, 0.25) is 0 Å². The third-order valence-electron chi connectivity index (χ3n) is 2.98. The lowest BCUT2D eigenvalue weighted by molar-refractivity contribution is -0.129. The minimum atomic E-state index is -0.267. The van der Waals surface area contributed by atoms with E-state index >= 15 is 0 Å². The quantitative estimate of drug-likeness (QED) is 0.724. The van der Waals surface area contributed by atoms with Gasteiger partial charge in [0.2, 0.25) is 11.8 Å². The van der Waals surface area contributed by atoms with E-state index in [1.165, 1.54) is 11.8 Å². The average Bonchev–Trinajstić information content (AvgIpc) is 2.95. The Bertz CT molecular complexity index is 604. The standard InChI is InChI=1S/C15H19N3O2S2/c1-11(22-15-17-16-13(20-15)10-21-3)14(19)18(2)9-12-7-5-4-6-8-12/h4-8,11H,9-10H2,1-3H3. The highest BCUT2D eigenvalue weighted by Crippen LogP contribution is 2.24. The van der Waals surface area contributed by atoms with Crippen LogP contribution in [0.15, 0.2) is 40.0 Å². The van der Waals surface area contributed by atoms with Crippen molar-refractivity contribution in [1.29, 1.82) is 0 Å². The third-order valence-corrected chi connectivity index (χ3v) is 4.44. The van der Waals surface area contributed by atoms with Crippen molar-refractivity contribution in [2.45, 2.75) is 29.7 Å². The Hall–Kier alpha value is -1.47. The normalized spacial score (nSPS) is 12.1. The van der Waals surface area contributed by atoms with E-state index in [9.17, 15) is 4.79 Å². The number of carbonyl (C=O) groups is 1. The van der Waals surface area contributed by atoms with E-state index in [0.717, 1.165) is 5.56 Å². The lowest BCUT2D eigenvalue weighted by Crippen LogP contribution is -2.32. The van der Waals surface area contributed by atoms with Crippen molar-refractivity contribution >= 4 is 29.4 Å². The summed E-state index contributed by atoms with van der Waals surface area (Å²) in [5.41, 5.74) is 1.11. The first kappa shape index (κ1) is 16.9. The minimum absolute atomic E-state index is 0.0402. The van der Waals surface area contributed by atoms with Gasteiger partial charge in [0.25, 0.3) is 5.22 Å². The van der Waals surface area contributed by atoms with Gasteiger partial charge in [-0.2, -0.15) is 11.8 Å². The number of hydrogen-bond donors (Lipinski definition) is 0. The van der Waals surface area contributed by atoms with Gasteiger partial charge in [0.05, 0.1) is 11.0 Å². The Morgan fingerprint density at radius 1 is 1.32 bits per heavy atom. The summed E-state index contributed by atoms with van der Waals surface area (Å²) in [5.74, 6) is 1.31. The zero-order valence-corrected chi connectivity index (χ0v) is 14.5. The largest absolute Gasteiger partial charge is 0.415 e. The highest BCUT2D eigenvalue weighted by Gasteiger charge is 2.21. The SMILES string of the molecule is CSCc1nnc(SC(C)C(=O)N(C)Cc2ccccc2)o1. The van der Waals surface area contributed by atoms with Crippen molar-refractivity contribution in [3.8, 4) is 0 Å². The molecule has 0 aliphatic rings. The Balaban J connectivity index is 1.90. The molecule has 0 saturated heterocycles. The van der Waals surface area contributed by atoms with Crippen LogP contribution in [0.3, 0.4) is 0 Å². The molecule has 0 aliphatic carbocycles. The molecule has 1 atom stereocenters. The van der Waals surface area contributed by atoms with Crippen LogP contribution >= 0.6 is 23.5 Å². The van der Waals surface area contributed by atoms with Crippen molar-refractivity contribution in [1.82, 2.24) is 15.1 Å². The molecule has 0 saturated carbocycles. The lowest BCUT2D eigenvalue weighted by Gasteiger charge is -2.20. The maximum atomic E-state index is 12.4. The zero-order valence-electron chi connectivity index (χ0n) is 12.9. The molecule has 0 bridgehead atoms. The second-order valence-electron chi connectivity index (χ2n) is 4.83. The van der Waals surface area contributed by atoms with E-state index in [1.54, 1.807) is 23.7 Å². The molecule has 0 fully saturated rings. The topological polar surface area (TPSA) is 59.2 Å². The summed E-state index contributed by atoms with van der Waals surface area (Å²) in [6.07, 6.45) is 1.97. The van der Waals surface area contributed by atoms with Gasteiger partial charge in [-0.25, -0.2) is 0 Å². The van der Waals surface area contributed by atoms with E-state index in [2.05, 4.69) is 10.2 Å². The first-order valence-electron chi connectivity index (χ1n) is 6.87. The maximum Gasteiger partial charge on any atom is 0.277 e. The first-order chi connectivity index (χ1) is 10.6. The number of rotatable bonds is 7. The molecular formula is C15H19N3O2S2. The summed E-state index contributed by atoms with van der Waals surface area (Å²) in [4.78, 5) is 14.1. The number of amides is 1. The van der Waals surface area contributed by atoms with Crippen LogP contribution in [0.1, 0.15) is 18.4 Å². The van der Waals surface area contributed by atoms with Gasteiger partial charge in [0.1, 0.15) is 0 Å². The van der Waals surface area contributed by atoms with Gasteiger partial charge in [-0.1, -0.05) is 42.1 Å². The van der Waals surface area contributed by atoms with E-state index < -0.39 is 0 Å². The Kier molecular flexibility index (Phi) is 6.33. The fourth-order valence-electron chi connectivity index (χ4n) is 1.91. The van der Waals surface area contributed by atoms with Gasteiger partial charge < -0.3 is 9.32 Å². The molecule has 2 rings (SSSR count). The molecule has 1 aromatic heterocycles. The first-order valence-corrected chi connectivity index (χ1v) is 9.14. The maximum absolute atomic E-state index is 12.4. The van der Waals surface area contributed by atoms with Crippen LogP contribution < -0.4 is 0 Å². The molecule has 5 nitrogen and oxygen atoms in total.